The van der Waals surface area contributed by atoms with Crippen LogP contribution in [0.5, 0.6) is 0 Å². The van der Waals surface area contributed by atoms with Crippen molar-refractivity contribution >= 4 is 0 Å². The second-order valence-corrected chi connectivity index (χ2v) is 2.89. The first-order valence-electron chi connectivity index (χ1n) is 5.00. The molecule has 0 bridgehead atoms. The molecule has 0 N–H and O–H groups in total. The molecule has 0 nitrogen and oxygen atoms in total. The molecule has 0 heterocycles. The average Bonchev–Trinajstić information content (AvgIpc) is 3.09. The molecule has 17 heavy (non-hydrogen) atoms. The van der Waals surface area contributed by atoms with Crippen molar-refractivity contribution in [2.45, 2.75) is 0 Å². The summed E-state index contributed by atoms with van der Waals surface area (Å²) in [6, 6.07) is 30.0. The summed E-state index contributed by atoms with van der Waals surface area (Å²) in [5.74, 6) is 0. The van der Waals surface area contributed by atoms with Crippen LogP contribution in [0.1, 0.15) is 0 Å². The summed E-state index contributed by atoms with van der Waals surface area (Å²) >= 11 is 0. The monoisotopic (exact) mass is 306 g/mol. The molecular formula is C15H15FeMn-. The van der Waals surface area contributed by atoms with Crippen molar-refractivity contribution in [3.8, 4) is 0 Å². The maximum absolute atomic E-state index is 2.00. The third-order valence-electron chi connectivity index (χ3n) is 1.67. The molecule has 0 saturated heterocycles. The summed E-state index contributed by atoms with van der Waals surface area (Å²) < 4.78 is 0. The van der Waals surface area contributed by atoms with E-state index < -0.39 is 0 Å². The Morgan fingerprint density at radius 2 is 0.588 bits per heavy atom. The van der Waals surface area contributed by atoms with E-state index >= 15 is 0 Å². The van der Waals surface area contributed by atoms with E-state index in [0.29, 0.717) is 0 Å². The van der Waals surface area contributed by atoms with Crippen LogP contribution < -0.4 is 0 Å². The SMILES string of the molecule is [Fe+2].[Mn].c1cc[cH-]c1.c1cc[cH-]c1.c1cc[cH-]c1. The number of hydrogen-bond donors (Lipinski definition) is 0. The minimum absolute atomic E-state index is 0. The zero-order valence-electron chi connectivity index (χ0n) is 9.39. The van der Waals surface area contributed by atoms with E-state index in [-0.39, 0.29) is 34.1 Å². The third kappa shape index (κ3) is 13.0. The smallest absolute Gasteiger partial charge is 0.214 e. The van der Waals surface area contributed by atoms with Crippen LogP contribution in [0.15, 0.2) is 91.0 Å². The van der Waals surface area contributed by atoms with E-state index in [1.54, 1.807) is 0 Å². The van der Waals surface area contributed by atoms with Gasteiger partial charge in [-0.2, -0.15) is 54.6 Å². The molecule has 0 fully saturated rings. The third-order valence-corrected chi connectivity index (χ3v) is 1.67. The van der Waals surface area contributed by atoms with Gasteiger partial charge in [-0.3, -0.25) is 0 Å². The van der Waals surface area contributed by atoms with E-state index in [1.807, 2.05) is 91.0 Å². The fourth-order valence-electron chi connectivity index (χ4n) is 0.962. The van der Waals surface area contributed by atoms with Crippen molar-refractivity contribution < 1.29 is 34.1 Å². The fraction of sp³-hybridized carbons (Fsp3) is 0. The summed E-state index contributed by atoms with van der Waals surface area (Å²) in [5.41, 5.74) is 0. The molecule has 0 spiro atoms. The predicted octanol–water partition coefficient (Wildman–Crippen LogP) is 4.21. The van der Waals surface area contributed by atoms with Crippen LogP contribution in [-0.4, -0.2) is 0 Å². The minimum atomic E-state index is 0. The molecule has 2 heteroatoms. The van der Waals surface area contributed by atoms with Crippen LogP contribution in [0, 0.1) is 0 Å². The Morgan fingerprint density at radius 1 is 0.412 bits per heavy atom. The summed E-state index contributed by atoms with van der Waals surface area (Å²) in [5, 5.41) is 0. The number of hydrogen-bond acceptors (Lipinski definition) is 0. The zero-order valence-corrected chi connectivity index (χ0v) is 11.7. The summed E-state index contributed by atoms with van der Waals surface area (Å²) in [6.45, 7) is 0. The van der Waals surface area contributed by atoms with Gasteiger partial charge in [0.1, 0.15) is 0 Å². The molecule has 3 aromatic rings. The van der Waals surface area contributed by atoms with E-state index in [2.05, 4.69) is 0 Å². The minimum Gasteiger partial charge on any atom is -0.214 e. The van der Waals surface area contributed by atoms with E-state index in [1.165, 1.54) is 0 Å². The first-order chi connectivity index (χ1) is 7.50. The van der Waals surface area contributed by atoms with Gasteiger partial charge < -0.3 is 0 Å². The van der Waals surface area contributed by atoms with Crippen LogP contribution in [0.4, 0.5) is 0 Å². The maximum atomic E-state index is 2.00. The van der Waals surface area contributed by atoms with Crippen molar-refractivity contribution in [1.82, 2.24) is 0 Å². The molecule has 91 valence electrons. The molecule has 0 aliphatic rings. The van der Waals surface area contributed by atoms with Crippen LogP contribution in [0.3, 0.4) is 0 Å². The fourth-order valence-corrected chi connectivity index (χ4v) is 0.962. The Labute approximate surface area is 125 Å². The predicted molar refractivity (Wildman–Crippen MR) is 66.1 cm³/mol. The Hall–Kier alpha value is -0.911. The first kappa shape index (κ1) is 18.5. The topological polar surface area (TPSA) is 0 Å². The van der Waals surface area contributed by atoms with Crippen LogP contribution >= 0.6 is 0 Å². The molecule has 3 rings (SSSR count). The van der Waals surface area contributed by atoms with Crippen molar-refractivity contribution in [1.29, 1.82) is 0 Å². The largest absolute Gasteiger partial charge is 2.00 e. The van der Waals surface area contributed by atoms with E-state index in [4.69, 9.17) is 0 Å². The maximum Gasteiger partial charge on any atom is 2.00 e. The van der Waals surface area contributed by atoms with Gasteiger partial charge in [-0.15, -0.1) is 0 Å². The number of rotatable bonds is 0. The van der Waals surface area contributed by atoms with Gasteiger partial charge in [0, 0.05) is 17.1 Å². The van der Waals surface area contributed by atoms with E-state index in [9.17, 15) is 0 Å². The van der Waals surface area contributed by atoms with Gasteiger partial charge in [0.05, 0.1) is 0 Å². The van der Waals surface area contributed by atoms with Crippen LogP contribution in [0.2, 0.25) is 0 Å². The Morgan fingerprint density at radius 3 is 0.647 bits per heavy atom. The van der Waals surface area contributed by atoms with Crippen molar-refractivity contribution in [2.75, 3.05) is 0 Å². The van der Waals surface area contributed by atoms with Crippen LogP contribution in [0.25, 0.3) is 0 Å². The average molecular weight is 306 g/mol. The molecule has 1 radical (unpaired) electrons. The molecule has 0 aliphatic heterocycles. The molecule has 0 atom stereocenters. The van der Waals surface area contributed by atoms with Gasteiger partial charge in [-0.1, -0.05) is 0 Å². The second kappa shape index (κ2) is 15.1. The molecule has 0 amide bonds. The first-order valence-corrected chi connectivity index (χ1v) is 5.00. The quantitative estimate of drug-likeness (QED) is 0.431. The van der Waals surface area contributed by atoms with E-state index in [0.717, 1.165) is 0 Å². The Balaban J connectivity index is 0. The molecule has 0 saturated carbocycles. The van der Waals surface area contributed by atoms with Gasteiger partial charge in [-0.05, 0) is 0 Å². The van der Waals surface area contributed by atoms with Gasteiger partial charge in [0.15, 0.2) is 0 Å². The summed E-state index contributed by atoms with van der Waals surface area (Å²) in [6.07, 6.45) is 0. The van der Waals surface area contributed by atoms with Gasteiger partial charge in [0.25, 0.3) is 0 Å². The molecule has 0 unspecified atom stereocenters. The van der Waals surface area contributed by atoms with Gasteiger partial charge in [-0.25, -0.2) is 36.4 Å². The van der Waals surface area contributed by atoms with Crippen molar-refractivity contribution in [2.24, 2.45) is 0 Å². The zero-order chi connectivity index (χ0) is 10.6. The Kier molecular flexibility index (Phi) is 16.4. The van der Waals surface area contributed by atoms with Gasteiger partial charge in [0.2, 0.25) is 0 Å². The van der Waals surface area contributed by atoms with Crippen molar-refractivity contribution in [3.63, 3.8) is 0 Å². The Bertz CT molecular complexity index is 243. The van der Waals surface area contributed by atoms with Crippen LogP contribution in [-0.2, 0) is 34.1 Å². The normalized spacial score (nSPS) is 7.06. The second-order valence-electron chi connectivity index (χ2n) is 2.89. The molecule has 3 aromatic carbocycles. The summed E-state index contributed by atoms with van der Waals surface area (Å²) in [4.78, 5) is 0. The van der Waals surface area contributed by atoms with Gasteiger partial charge >= 0.3 is 17.1 Å². The standard InChI is InChI=1S/3C5H5.Fe.Mn/c3*1-2-4-5-3-1;;/h3*1-5H;;/q3*-1;+2;. The molecule has 0 aromatic heterocycles. The van der Waals surface area contributed by atoms with Crippen molar-refractivity contribution in [3.05, 3.63) is 91.0 Å². The molecule has 0 aliphatic carbocycles. The summed E-state index contributed by atoms with van der Waals surface area (Å²) in [7, 11) is 0. The molecular weight excluding hydrogens is 291 g/mol.